The van der Waals surface area contributed by atoms with Crippen LogP contribution in [-0.2, 0) is 29.0 Å². The van der Waals surface area contributed by atoms with Crippen molar-refractivity contribution in [1.82, 2.24) is 15.2 Å². The van der Waals surface area contributed by atoms with Crippen LogP contribution in [0, 0.1) is 0 Å². The number of H-pyrrole nitrogens is 1. The van der Waals surface area contributed by atoms with E-state index in [-0.39, 0.29) is 17.6 Å². The summed E-state index contributed by atoms with van der Waals surface area (Å²) < 4.78 is 31.7. The summed E-state index contributed by atoms with van der Waals surface area (Å²) in [6, 6.07) is 31.0. The molecule has 0 atom stereocenters. The van der Waals surface area contributed by atoms with Crippen molar-refractivity contribution in [2.24, 2.45) is 5.73 Å². The van der Waals surface area contributed by atoms with Crippen LogP contribution in [0.4, 0.5) is 13.2 Å². The minimum atomic E-state index is -5.08. The number of nitrogens with zero attached hydrogens (tertiary/aromatic N) is 1. The Kier molecular flexibility index (Phi) is 13.2. The van der Waals surface area contributed by atoms with Gasteiger partial charge in [-0.3, -0.25) is 9.59 Å². The zero-order valence-electron chi connectivity index (χ0n) is 27.2. The molecule has 0 fully saturated rings. The van der Waals surface area contributed by atoms with Crippen LogP contribution < -0.4 is 11.1 Å². The third kappa shape index (κ3) is 11.0. The van der Waals surface area contributed by atoms with Crippen molar-refractivity contribution in [2.75, 3.05) is 19.6 Å². The smallest absolute Gasteiger partial charge is 0.490 e. The van der Waals surface area contributed by atoms with Crippen LogP contribution in [-0.4, -0.2) is 63.7 Å². The number of nitrogens with two attached hydrogens (primary N) is 1. The summed E-state index contributed by atoms with van der Waals surface area (Å²) in [7, 11) is 0. The number of aryl methyl sites for hydroxylation is 1. The molecular weight excluding hydrogens is 649 g/mol. The van der Waals surface area contributed by atoms with Crippen LogP contribution in [0.25, 0.3) is 22.0 Å². The summed E-state index contributed by atoms with van der Waals surface area (Å²) in [5, 5.41) is 20.9. The highest BCUT2D eigenvalue weighted by Crippen LogP contribution is 2.24. The number of carbonyl (C=O) groups is 3. The van der Waals surface area contributed by atoms with Crippen molar-refractivity contribution in [3.05, 3.63) is 126 Å². The number of aromatic hydroxyl groups is 1. The molecule has 0 spiro atoms. The number of carboxylic acid groups (broad SMARTS) is 1. The van der Waals surface area contributed by atoms with E-state index in [2.05, 4.69) is 22.4 Å². The Hall–Kier alpha value is -5.62. The molecule has 5 aromatic rings. The average molecular weight is 689 g/mol. The SMILES string of the molecule is NCCCNC(=O)c1cccc(-c2cccc(CN(CCc3ccc(O)cc3)C(=O)CCc3c[nH]c4ccccc34)c2)c1.O=C(O)C(F)(F)F. The van der Waals surface area contributed by atoms with Gasteiger partial charge in [0.25, 0.3) is 5.91 Å². The first-order valence-electron chi connectivity index (χ1n) is 16.0. The Morgan fingerprint density at radius 3 is 2.22 bits per heavy atom. The Morgan fingerprint density at radius 1 is 0.840 bits per heavy atom. The van der Waals surface area contributed by atoms with Crippen LogP contribution in [0.1, 0.15) is 39.9 Å². The molecule has 4 aromatic carbocycles. The number of carboxylic acids is 1. The molecule has 1 aromatic heterocycles. The van der Waals surface area contributed by atoms with Crippen molar-refractivity contribution in [2.45, 2.75) is 38.4 Å². The molecule has 0 saturated heterocycles. The third-order valence-corrected chi connectivity index (χ3v) is 7.91. The van der Waals surface area contributed by atoms with Gasteiger partial charge in [0.1, 0.15) is 5.75 Å². The molecule has 2 amide bonds. The van der Waals surface area contributed by atoms with Gasteiger partial charge in [-0.2, -0.15) is 13.2 Å². The van der Waals surface area contributed by atoms with E-state index in [4.69, 9.17) is 15.6 Å². The van der Waals surface area contributed by atoms with Gasteiger partial charge in [0, 0.05) is 48.7 Å². The summed E-state index contributed by atoms with van der Waals surface area (Å²) in [4.78, 5) is 40.4. The Bertz CT molecular complexity index is 1890. The number of alkyl halides is 3. The molecule has 0 aliphatic rings. The fraction of sp³-hybridized carbons (Fsp3) is 0.237. The van der Waals surface area contributed by atoms with E-state index in [0.29, 0.717) is 51.0 Å². The second-order valence-electron chi connectivity index (χ2n) is 11.6. The van der Waals surface area contributed by atoms with E-state index in [0.717, 1.165) is 45.1 Å². The van der Waals surface area contributed by atoms with Crippen molar-refractivity contribution in [1.29, 1.82) is 0 Å². The summed E-state index contributed by atoms with van der Waals surface area (Å²) in [6.45, 7) is 2.10. The van der Waals surface area contributed by atoms with Gasteiger partial charge in [-0.15, -0.1) is 0 Å². The summed E-state index contributed by atoms with van der Waals surface area (Å²) in [5.41, 5.74) is 12.4. The molecule has 0 aliphatic heterocycles. The Morgan fingerprint density at radius 2 is 1.52 bits per heavy atom. The highest BCUT2D eigenvalue weighted by Gasteiger charge is 2.38. The van der Waals surface area contributed by atoms with Gasteiger partial charge in [-0.25, -0.2) is 4.79 Å². The van der Waals surface area contributed by atoms with E-state index in [1.807, 2.05) is 83.9 Å². The van der Waals surface area contributed by atoms with Crippen LogP contribution in [0.15, 0.2) is 103 Å². The highest BCUT2D eigenvalue weighted by molar-refractivity contribution is 5.95. The summed E-state index contributed by atoms with van der Waals surface area (Å²) >= 11 is 0. The molecule has 262 valence electrons. The maximum atomic E-state index is 13.7. The van der Waals surface area contributed by atoms with Gasteiger partial charge < -0.3 is 31.1 Å². The first-order chi connectivity index (χ1) is 23.9. The summed E-state index contributed by atoms with van der Waals surface area (Å²) in [5.74, 6) is -2.56. The van der Waals surface area contributed by atoms with Crippen molar-refractivity contribution >= 4 is 28.7 Å². The third-order valence-electron chi connectivity index (χ3n) is 7.91. The molecule has 1 heterocycles. The number of phenolic OH excluding ortho intramolecular Hbond substituents is 1. The standard InChI is InChI=1S/C36H38N4O3.C2HF3O2/c37-19-5-20-38-36(43)30-9-4-8-29(23-30)28-7-3-6-27(22-28)25-40(21-18-26-12-15-32(41)16-13-26)35(42)17-14-31-24-39-34-11-2-1-10-33(31)34;3-2(4,5)1(6)7/h1-4,6-13,15-16,22-24,39,41H,5,14,17-21,25,37H2,(H,38,43);(H,6,7). The Labute approximate surface area is 287 Å². The lowest BCUT2D eigenvalue weighted by molar-refractivity contribution is -0.192. The van der Waals surface area contributed by atoms with Crippen molar-refractivity contribution in [3.8, 4) is 16.9 Å². The molecule has 0 saturated carbocycles. The van der Waals surface area contributed by atoms with E-state index < -0.39 is 12.1 Å². The number of amides is 2. The maximum Gasteiger partial charge on any atom is 0.490 e. The van der Waals surface area contributed by atoms with E-state index in [1.165, 1.54) is 0 Å². The molecule has 0 unspecified atom stereocenters. The number of aromatic nitrogens is 1. The molecule has 5 rings (SSSR count). The zero-order valence-corrected chi connectivity index (χ0v) is 27.2. The van der Waals surface area contributed by atoms with E-state index >= 15 is 0 Å². The van der Waals surface area contributed by atoms with E-state index in [9.17, 15) is 27.9 Å². The molecule has 50 heavy (non-hydrogen) atoms. The monoisotopic (exact) mass is 688 g/mol. The largest absolute Gasteiger partial charge is 0.508 e. The molecule has 6 N–H and O–H groups in total. The quantitative estimate of drug-likeness (QED) is 0.0898. The van der Waals surface area contributed by atoms with Gasteiger partial charge in [-0.05, 0) is 90.0 Å². The number of benzene rings is 4. The van der Waals surface area contributed by atoms with Crippen LogP contribution in [0.5, 0.6) is 5.75 Å². The van der Waals surface area contributed by atoms with Gasteiger partial charge in [0.15, 0.2) is 0 Å². The fourth-order valence-electron chi connectivity index (χ4n) is 5.27. The van der Waals surface area contributed by atoms with E-state index in [1.54, 1.807) is 12.1 Å². The summed E-state index contributed by atoms with van der Waals surface area (Å²) in [6.07, 6.45) is -0.622. The minimum Gasteiger partial charge on any atom is -0.508 e. The topological polar surface area (TPSA) is 149 Å². The van der Waals surface area contributed by atoms with Crippen molar-refractivity contribution in [3.63, 3.8) is 0 Å². The first-order valence-corrected chi connectivity index (χ1v) is 16.0. The lowest BCUT2D eigenvalue weighted by atomic mass is 10.0. The van der Waals surface area contributed by atoms with Gasteiger partial charge >= 0.3 is 12.1 Å². The number of para-hydroxylation sites is 1. The molecule has 9 nitrogen and oxygen atoms in total. The predicted octanol–water partition coefficient (Wildman–Crippen LogP) is 6.46. The van der Waals surface area contributed by atoms with Crippen LogP contribution in [0.2, 0.25) is 0 Å². The Balaban J connectivity index is 0.000000727. The van der Waals surface area contributed by atoms with Crippen LogP contribution in [0.3, 0.4) is 0 Å². The minimum absolute atomic E-state index is 0.0885. The fourth-order valence-corrected chi connectivity index (χ4v) is 5.27. The maximum absolute atomic E-state index is 13.7. The number of aliphatic carboxylic acids is 1. The normalized spacial score (nSPS) is 11.0. The number of hydrogen-bond donors (Lipinski definition) is 5. The number of aromatic amines is 1. The molecule has 0 aliphatic carbocycles. The second kappa shape index (κ2) is 17.7. The molecule has 0 bridgehead atoms. The van der Waals surface area contributed by atoms with Gasteiger partial charge in [0.2, 0.25) is 5.91 Å². The number of hydrogen-bond acceptors (Lipinski definition) is 5. The number of fused-ring (bicyclic) bond motifs is 1. The molecule has 0 radical (unpaired) electrons. The predicted molar refractivity (Wildman–Crippen MR) is 185 cm³/mol. The molecular formula is C38H39F3N4O5. The number of phenols is 1. The van der Waals surface area contributed by atoms with Gasteiger partial charge in [0.05, 0.1) is 0 Å². The number of carbonyl (C=O) groups excluding carboxylic acids is 2. The number of nitrogens with one attached hydrogen (secondary N) is 2. The van der Waals surface area contributed by atoms with Crippen LogP contribution >= 0.6 is 0 Å². The van der Waals surface area contributed by atoms with Gasteiger partial charge in [-0.1, -0.05) is 60.7 Å². The van der Waals surface area contributed by atoms with Crippen molar-refractivity contribution < 1.29 is 37.8 Å². The lowest BCUT2D eigenvalue weighted by Gasteiger charge is -2.23. The zero-order chi connectivity index (χ0) is 36.1. The number of halogens is 3. The lowest BCUT2D eigenvalue weighted by Crippen LogP contribution is -2.32. The first kappa shape index (κ1) is 37.2. The highest BCUT2D eigenvalue weighted by atomic mass is 19.4. The number of rotatable bonds is 13. The second-order valence-corrected chi connectivity index (χ2v) is 11.6. The molecule has 12 heteroatoms. The average Bonchev–Trinajstić information content (AvgIpc) is 3.53.